The largest absolute Gasteiger partial charge is 0.394 e. The minimum atomic E-state index is -1.96. The van der Waals surface area contributed by atoms with E-state index in [4.69, 9.17) is 4.98 Å². The highest BCUT2D eigenvalue weighted by atomic mass is 32.2. The zero-order valence-electron chi connectivity index (χ0n) is 16.8. The lowest BCUT2D eigenvalue weighted by Crippen LogP contribution is -2.29. The van der Waals surface area contributed by atoms with Crippen molar-refractivity contribution in [2.24, 2.45) is 5.92 Å². The lowest BCUT2D eigenvalue weighted by Gasteiger charge is -2.19. The molecule has 0 amide bonds. The molecule has 4 atom stereocenters. The maximum absolute atomic E-state index is 11.3. The summed E-state index contributed by atoms with van der Waals surface area (Å²) < 4.78 is 24.2. The van der Waals surface area contributed by atoms with Gasteiger partial charge in [-0.1, -0.05) is 6.92 Å². The minimum absolute atomic E-state index is 0.00266. The maximum atomic E-state index is 11.3. The fourth-order valence-corrected chi connectivity index (χ4v) is 4.33. The van der Waals surface area contributed by atoms with Crippen LogP contribution in [0.4, 0.5) is 11.8 Å². The second kappa shape index (κ2) is 8.50. The maximum Gasteiger partial charge on any atom is 0.234 e. The molecule has 4 unspecified atom stereocenters. The molecule has 0 aromatic carbocycles. The monoisotopic (exact) mass is 423 g/mol. The van der Waals surface area contributed by atoms with Crippen LogP contribution in [-0.4, -0.2) is 69.5 Å². The average molecular weight is 424 g/mol. The van der Waals surface area contributed by atoms with Crippen molar-refractivity contribution in [3.63, 3.8) is 0 Å². The molecule has 4 N–H and O–H groups in total. The molecule has 2 aliphatic rings. The Labute approximate surface area is 172 Å². The molecule has 1 aliphatic carbocycles. The van der Waals surface area contributed by atoms with Crippen molar-refractivity contribution in [1.29, 1.82) is 0 Å². The van der Waals surface area contributed by atoms with Gasteiger partial charge in [-0.3, -0.25) is 4.55 Å². The third-order valence-corrected chi connectivity index (χ3v) is 6.68. The molecule has 29 heavy (non-hydrogen) atoms. The number of fused-ring (bicyclic) bond motifs is 1. The Morgan fingerprint density at radius 1 is 1.34 bits per heavy atom. The van der Waals surface area contributed by atoms with Crippen LogP contribution in [0.15, 0.2) is 6.33 Å². The summed E-state index contributed by atoms with van der Waals surface area (Å²) in [4.78, 5) is 13.9. The number of imidazole rings is 1. The van der Waals surface area contributed by atoms with Gasteiger partial charge >= 0.3 is 0 Å². The second-order valence-electron chi connectivity index (χ2n) is 8.00. The van der Waals surface area contributed by atoms with Gasteiger partial charge < -0.3 is 20.3 Å². The van der Waals surface area contributed by atoms with E-state index in [-0.39, 0.29) is 24.7 Å². The molecule has 2 fully saturated rings. The highest BCUT2D eigenvalue weighted by Crippen LogP contribution is 2.34. The van der Waals surface area contributed by atoms with Gasteiger partial charge in [0.05, 0.1) is 19.0 Å². The van der Waals surface area contributed by atoms with Crippen molar-refractivity contribution in [1.82, 2.24) is 23.8 Å². The van der Waals surface area contributed by atoms with Gasteiger partial charge in [0, 0.05) is 25.2 Å². The van der Waals surface area contributed by atoms with Crippen LogP contribution in [0.25, 0.3) is 11.2 Å². The first kappa shape index (κ1) is 20.5. The lowest BCUT2D eigenvalue weighted by molar-refractivity contribution is 0.263. The summed E-state index contributed by atoms with van der Waals surface area (Å²) >= 11 is -1.96. The smallest absolute Gasteiger partial charge is 0.234 e. The van der Waals surface area contributed by atoms with E-state index in [2.05, 4.69) is 34.4 Å². The van der Waals surface area contributed by atoms with Crippen molar-refractivity contribution in [3.8, 4) is 0 Å². The normalized spacial score (nSPS) is 23.2. The number of aromatic nitrogens is 4. The Bertz CT molecular complexity index is 888. The van der Waals surface area contributed by atoms with Crippen molar-refractivity contribution in [2.75, 3.05) is 30.3 Å². The van der Waals surface area contributed by atoms with Crippen LogP contribution in [0.3, 0.4) is 0 Å². The van der Waals surface area contributed by atoms with Gasteiger partial charge in [-0.05, 0) is 38.5 Å². The van der Waals surface area contributed by atoms with Gasteiger partial charge in [0.25, 0.3) is 0 Å². The van der Waals surface area contributed by atoms with E-state index in [1.54, 1.807) is 6.33 Å². The molecule has 0 radical (unpaired) electrons. The van der Waals surface area contributed by atoms with Crippen molar-refractivity contribution in [3.05, 3.63) is 6.33 Å². The molecule has 3 heterocycles. The topological polar surface area (TPSA) is 128 Å². The van der Waals surface area contributed by atoms with Crippen molar-refractivity contribution >= 4 is 34.2 Å². The Morgan fingerprint density at radius 3 is 2.76 bits per heavy atom. The summed E-state index contributed by atoms with van der Waals surface area (Å²) in [5.74, 6) is 1.54. The van der Waals surface area contributed by atoms with Crippen LogP contribution in [0.5, 0.6) is 0 Å². The second-order valence-corrected chi connectivity index (χ2v) is 8.97. The van der Waals surface area contributed by atoms with Gasteiger partial charge in [-0.2, -0.15) is 14.3 Å². The standard InChI is InChI=1S/C18H29N7O3S/c1-3-11(2)25-10-19-15-16(20-13-6-7-24(8-13)29(27)28)22-18(23-17(15)25)21-14(9-26)12-4-5-12/h10-14,26H,3-9H2,1-2H3,(H,27,28)(H2,20,21,22,23). The molecule has 1 saturated heterocycles. The molecule has 2 aromatic heterocycles. The molecule has 0 bridgehead atoms. The molecule has 0 spiro atoms. The number of rotatable bonds is 9. The summed E-state index contributed by atoms with van der Waals surface area (Å²) in [6.45, 7) is 5.29. The van der Waals surface area contributed by atoms with Crippen molar-refractivity contribution < 1.29 is 13.9 Å². The summed E-state index contributed by atoms with van der Waals surface area (Å²) in [5, 5.41) is 16.4. The predicted molar refractivity (Wildman–Crippen MR) is 112 cm³/mol. The van der Waals surface area contributed by atoms with Crippen LogP contribution < -0.4 is 10.6 Å². The Kier molecular flexibility index (Phi) is 6.00. The van der Waals surface area contributed by atoms with Gasteiger partial charge in [0.15, 0.2) is 17.0 Å². The van der Waals surface area contributed by atoms with Crippen LogP contribution in [0.2, 0.25) is 0 Å². The van der Waals surface area contributed by atoms with E-state index in [9.17, 15) is 13.9 Å². The first-order valence-electron chi connectivity index (χ1n) is 10.2. The Balaban J connectivity index is 1.65. The Hall–Kier alpha value is -1.82. The summed E-state index contributed by atoms with van der Waals surface area (Å²) in [6, 6.07) is 0.188. The number of aliphatic hydroxyl groups excluding tert-OH is 1. The SMILES string of the molecule is CCC(C)n1cnc2c(NC3CCN(S(=O)O)C3)nc(NC(CO)C3CC3)nc21. The average Bonchev–Trinajstić information content (AvgIpc) is 3.28. The number of nitrogens with one attached hydrogen (secondary N) is 2. The van der Waals surface area contributed by atoms with Gasteiger partial charge in [0.1, 0.15) is 0 Å². The highest BCUT2D eigenvalue weighted by Gasteiger charge is 2.32. The Morgan fingerprint density at radius 2 is 2.14 bits per heavy atom. The fraction of sp³-hybridized carbons (Fsp3) is 0.722. The first-order valence-corrected chi connectivity index (χ1v) is 11.3. The third-order valence-electron chi connectivity index (χ3n) is 5.90. The number of hydrogen-bond donors (Lipinski definition) is 4. The lowest BCUT2D eigenvalue weighted by atomic mass is 10.2. The van der Waals surface area contributed by atoms with E-state index < -0.39 is 11.3 Å². The minimum Gasteiger partial charge on any atom is -0.394 e. The number of anilines is 2. The molecule has 4 rings (SSSR count). The van der Waals surface area contributed by atoms with Gasteiger partial charge in [-0.25, -0.2) is 9.19 Å². The van der Waals surface area contributed by atoms with E-state index in [1.165, 1.54) is 4.31 Å². The number of aliphatic hydroxyl groups is 1. The summed E-state index contributed by atoms with van der Waals surface area (Å²) in [7, 11) is 0. The molecular formula is C18H29N7O3S. The van der Waals surface area contributed by atoms with Crippen LogP contribution in [-0.2, 0) is 11.3 Å². The molecular weight excluding hydrogens is 394 g/mol. The number of hydrogen-bond acceptors (Lipinski definition) is 7. The summed E-state index contributed by atoms with van der Waals surface area (Å²) in [5.41, 5.74) is 1.43. The predicted octanol–water partition coefficient (Wildman–Crippen LogP) is 1.60. The quantitative estimate of drug-likeness (QED) is 0.448. The van der Waals surface area contributed by atoms with Crippen LogP contribution in [0, 0.1) is 5.92 Å². The highest BCUT2D eigenvalue weighted by molar-refractivity contribution is 7.76. The zero-order valence-corrected chi connectivity index (χ0v) is 17.6. The molecule has 1 aliphatic heterocycles. The zero-order chi connectivity index (χ0) is 20.5. The van der Waals surface area contributed by atoms with E-state index in [1.807, 2.05) is 4.57 Å². The molecule has 160 valence electrons. The fourth-order valence-electron chi connectivity index (χ4n) is 3.76. The van der Waals surface area contributed by atoms with Gasteiger partial charge in [-0.15, -0.1) is 0 Å². The van der Waals surface area contributed by atoms with Crippen molar-refractivity contribution in [2.45, 2.75) is 57.7 Å². The molecule has 1 saturated carbocycles. The third kappa shape index (κ3) is 4.37. The molecule has 2 aromatic rings. The summed E-state index contributed by atoms with van der Waals surface area (Å²) in [6.07, 6.45) is 5.69. The van der Waals surface area contributed by atoms with Crippen LogP contribution in [0.1, 0.15) is 45.6 Å². The number of nitrogens with zero attached hydrogens (tertiary/aromatic N) is 5. The van der Waals surface area contributed by atoms with Crippen LogP contribution >= 0.6 is 0 Å². The molecule has 10 nitrogen and oxygen atoms in total. The van der Waals surface area contributed by atoms with Gasteiger partial charge in [0.2, 0.25) is 17.2 Å². The van der Waals surface area contributed by atoms with E-state index in [0.717, 1.165) is 31.3 Å². The first-order chi connectivity index (χ1) is 14.0. The molecule has 11 heteroatoms. The van der Waals surface area contributed by atoms with E-state index in [0.29, 0.717) is 36.3 Å². The van der Waals surface area contributed by atoms with E-state index >= 15 is 0 Å².